The zero-order valence-corrected chi connectivity index (χ0v) is 16.6. The third kappa shape index (κ3) is 7.63. The standard InChI is InChI=1S/C18H27N3O2.HI/c1-3-9-20-18(19-2)21-13-15-5-4-6-16(12-15)14-23-17-7-10-22-11-8-17;/h3-6,12,17H,1,7-11,13-14H2,2H3,(H2,19,20,21);1H. The molecule has 0 spiro atoms. The predicted molar refractivity (Wildman–Crippen MR) is 109 cm³/mol. The zero-order valence-electron chi connectivity index (χ0n) is 14.3. The van der Waals surface area contributed by atoms with Crippen LogP contribution in [0.25, 0.3) is 0 Å². The number of aliphatic imine (C=N–C) groups is 1. The number of nitrogens with zero attached hydrogens (tertiary/aromatic N) is 1. The van der Waals surface area contributed by atoms with Crippen LogP contribution >= 0.6 is 24.0 Å². The molecule has 0 aromatic heterocycles. The molecular weight excluding hydrogens is 417 g/mol. The van der Waals surface area contributed by atoms with Crippen LogP contribution in [0.5, 0.6) is 0 Å². The largest absolute Gasteiger partial charge is 0.381 e. The highest BCUT2D eigenvalue weighted by atomic mass is 127. The first-order valence-corrected chi connectivity index (χ1v) is 8.14. The molecule has 24 heavy (non-hydrogen) atoms. The minimum absolute atomic E-state index is 0. The van der Waals surface area contributed by atoms with Gasteiger partial charge in [-0.15, -0.1) is 30.6 Å². The van der Waals surface area contributed by atoms with Gasteiger partial charge in [0.1, 0.15) is 0 Å². The van der Waals surface area contributed by atoms with Gasteiger partial charge in [0.15, 0.2) is 5.96 Å². The van der Waals surface area contributed by atoms with E-state index in [1.165, 1.54) is 11.1 Å². The van der Waals surface area contributed by atoms with Gasteiger partial charge in [0, 0.05) is 33.4 Å². The summed E-state index contributed by atoms with van der Waals surface area (Å²) in [4.78, 5) is 4.17. The van der Waals surface area contributed by atoms with E-state index < -0.39 is 0 Å². The molecule has 0 unspecified atom stereocenters. The van der Waals surface area contributed by atoms with Crippen LogP contribution in [0.2, 0.25) is 0 Å². The predicted octanol–water partition coefficient (Wildman–Crippen LogP) is 2.85. The summed E-state index contributed by atoms with van der Waals surface area (Å²) in [6.07, 6.45) is 4.12. The van der Waals surface area contributed by atoms with Gasteiger partial charge in [-0.05, 0) is 24.0 Å². The average Bonchev–Trinajstić information content (AvgIpc) is 2.61. The van der Waals surface area contributed by atoms with Crippen LogP contribution in [0.15, 0.2) is 41.9 Å². The second-order valence-corrected chi connectivity index (χ2v) is 5.54. The number of rotatable bonds is 7. The Bertz CT molecular complexity index is 517. The van der Waals surface area contributed by atoms with Crippen LogP contribution in [-0.4, -0.2) is 38.9 Å². The first kappa shape index (κ1) is 20.9. The summed E-state index contributed by atoms with van der Waals surface area (Å²) < 4.78 is 11.3. The molecule has 0 saturated carbocycles. The highest BCUT2D eigenvalue weighted by Gasteiger charge is 2.13. The van der Waals surface area contributed by atoms with Crippen LogP contribution < -0.4 is 10.6 Å². The van der Waals surface area contributed by atoms with Crippen LogP contribution in [-0.2, 0) is 22.6 Å². The Kier molecular flexibility index (Phi) is 10.7. The molecular formula is C18H28IN3O2. The van der Waals surface area contributed by atoms with Crippen molar-refractivity contribution in [2.24, 2.45) is 4.99 Å². The van der Waals surface area contributed by atoms with E-state index in [4.69, 9.17) is 9.47 Å². The van der Waals surface area contributed by atoms with Gasteiger partial charge in [-0.2, -0.15) is 0 Å². The highest BCUT2D eigenvalue weighted by Crippen LogP contribution is 2.14. The SMILES string of the molecule is C=CCNC(=NC)NCc1cccc(COC2CCOCC2)c1.I. The minimum Gasteiger partial charge on any atom is -0.381 e. The third-order valence-electron chi connectivity index (χ3n) is 3.74. The second kappa shape index (κ2) is 12.3. The van der Waals surface area contributed by atoms with Crippen LogP contribution in [0.1, 0.15) is 24.0 Å². The normalized spacial score (nSPS) is 15.5. The summed E-state index contributed by atoms with van der Waals surface area (Å²) in [6, 6.07) is 8.45. The van der Waals surface area contributed by atoms with E-state index >= 15 is 0 Å². The van der Waals surface area contributed by atoms with Crippen molar-refractivity contribution in [3.05, 3.63) is 48.0 Å². The summed E-state index contributed by atoms with van der Waals surface area (Å²) in [6.45, 7) is 7.38. The van der Waals surface area contributed by atoms with Crippen molar-refractivity contribution in [1.82, 2.24) is 10.6 Å². The molecule has 0 radical (unpaired) electrons. The number of benzene rings is 1. The number of nitrogens with one attached hydrogen (secondary N) is 2. The van der Waals surface area contributed by atoms with Gasteiger partial charge in [0.2, 0.25) is 0 Å². The van der Waals surface area contributed by atoms with Crippen LogP contribution in [0, 0.1) is 0 Å². The van der Waals surface area contributed by atoms with E-state index in [1.54, 1.807) is 13.1 Å². The van der Waals surface area contributed by atoms with Gasteiger partial charge in [-0.3, -0.25) is 4.99 Å². The molecule has 6 heteroatoms. The zero-order chi connectivity index (χ0) is 16.3. The maximum absolute atomic E-state index is 5.98. The van der Waals surface area contributed by atoms with Crippen molar-refractivity contribution in [3.8, 4) is 0 Å². The molecule has 0 atom stereocenters. The fourth-order valence-corrected chi connectivity index (χ4v) is 2.46. The van der Waals surface area contributed by atoms with Crippen molar-refractivity contribution in [3.63, 3.8) is 0 Å². The lowest BCUT2D eigenvalue weighted by atomic mass is 10.1. The molecule has 0 amide bonds. The van der Waals surface area contributed by atoms with Gasteiger partial charge in [0.25, 0.3) is 0 Å². The molecule has 1 fully saturated rings. The number of ether oxygens (including phenoxy) is 2. The number of guanidine groups is 1. The quantitative estimate of drug-likeness (QED) is 0.294. The van der Waals surface area contributed by atoms with Gasteiger partial charge < -0.3 is 20.1 Å². The fourth-order valence-electron chi connectivity index (χ4n) is 2.46. The fraction of sp³-hybridized carbons (Fsp3) is 0.500. The molecule has 2 rings (SSSR count). The Hall–Kier alpha value is -1.12. The molecule has 134 valence electrons. The third-order valence-corrected chi connectivity index (χ3v) is 3.74. The highest BCUT2D eigenvalue weighted by molar-refractivity contribution is 14.0. The second-order valence-electron chi connectivity index (χ2n) is 5.54. The lowest BCUT2D eigenvalue weighted by Gasteiger charge is -2.22. The van der Waals surface area contributed by atoms with E-state index in [1.807, 2.05) is 0 Å². The van der Waals surface area contributed by atoms with Gasteiger partial charge in [-0.25, -0.2) is 0 Å². The van der Waals surface area contributed by atoms with Crippen molar-refractivity contribution in [2.45, 2.75) is 32.1 Å². The maximum atomic E-state index is 5.98. The Balaban J connectivity index is 0.00000288. The van der Waals surface area contributed by atoms with Gasteiger partial charge >= 0.3 is 0 Å². The van der Waals surface area contributed by atoms with E-state index in [9.17, 15) is 0 Å². The topological polar surface area (TPSA) is 54.9 Å². The average molecular weight is 445 g/mol. The molecule has 1 aromatic carbocycles. The first-order chi connectivity index (χ1) is 11.3. The molecule has 1 saturated heterocycles. The number of hydrogen-bond acceptors (Lipinski definition) is 3. The molecule has 0 bridgehead atoms. The van der Waals surface area contributed by atoms with Crippen molar-refractivity contribution in [1.29, 1.82) is 0 Å². The van der Waals surface area contributed by atoms with E-state index in [0.717, 1.165) is 38.6 Å². The number of hydrogen-bond donors (Lipinski definition) is 2. The molecule has 1 aliphatic rings. The number of halogens is 1. The van der Waals surface area contributed by atoms with E-state index in [2.05, 4.69) is 46.5 Å². The van der Waals surface area contributed by atoms with Gasteiger partial charge in [-0.1, -0.05) is 30.3 Å². The molecule has 1 heterocycles. The monoisotopic (exact) mass is 445 g/mol. The summed E-state index contributed by atoms with van der Waals surface area (Å²) in [5, 5.41) is 6.44. The van der Waals surface area contributed by atoms with Crippen molar-refractivity contribution in [2.75, 3.05) is 26.8 Å². The smallest absolute Gasteiger partial charge is 0.191 e. The van der Waals surface area contributed by atoms with Crippen LogP contribution in [0.4, 0.5) is 0 Å². The van der Waals surface area contributed by atoms with Crippen molar-refractivity contribution < 1.29 is 9.47 Å². The summed E-state index contributed by atoms with van der Waals surface area (Å²) in [7, 11) is 1.76. The molecule has 1 aliphatic heterocycles. The molecule has 5 nitrogen and oxygen atoms in total. The van der Waals surface area contributed by atoms with Crippen LogP contribution in [0.3, 0.4) is 0 Å². The summed E-state index contributed by atoms with van der Waals surface area (Å²) in [5.74, 6) is 0.772. The maximum Gasteiger partial charge on any atom is 0.191 e. The first-order valence-electron chi connectivity index (χ1n) is 8.14. The Morgan fingerprint density at radius 3 is 2.79 bits per heavy atom. The van der Waals surface area contributed by atoms with Gasteiger partial charge in [0.05, 0.1) is 12.7 Å². The Morgan fingerprint density at radius 1 is 1.33 bits per heavy atom. The lowest BCUT2D eigenvalue weighted by molar-refractivity contribution is -0.0390. The minimum atomic E-state index is 0. The van der Waals surface area contributed by atoms with E-state index in [0.29, 0.717) is 19.3 Å². The summed E-state index contributed by atoms with van der Waals surface area (Å²) >= 11 is 0. The Morgan fingerprint density at radius 2 is 2.08 bits per heavy atom. The summed E-state index contributed by atoms with van der Waals surface area (Å²) in [5.41, 5.74) is 2.41. The van der Waals surface area contributed by atoms with Crippen molar-refractivity contribution >= 4 is 29.9 Å². The lowest BCUT2D eigenvalue weighted by Crippen LogP contribution is -2.36. The van der Waals surface area contributed by atoms with E-state index in [-0.39, 0.29) is 24.0 Å². The molecule has 0 aliphatic carbocycles. The Labute approximate surface area is 161 Å². The molecule has 2 N–H and O–H groups in total. The molecule has 1 aromatic rings.